The van der Waals surface area contributed by atoms with Crippen molar-refractivity contribution in [3.8, 4) is 0 Å². The molecule has 0 saturated heterocycles. The van der Waals surface area contributed by atoms with Crippen molar-refractivity contribution < 1.29 is 19.4 Å². The molecule has 0 heterocycles. The highest BCUT2D eigenvalue weighted by atomic mass is 35.5. The number of carboxylic acids is 1. The number of aliphatic carboxylic acids is 1. The Morgan fingerprint density at radius 2 is 1.41 bits per heavy atom. The Morgan fingerprint density at radius 3 is 1.82 bits per heavy atom. The lowest BCUT2D eigenvalue weighted by Crippen LogP contribution is -2.41. The summed E-state index contributed by atoms with van der Waals surface area (Å²) in [4.78, 5) is 27.8. The van der Waals surface area contributed by atoms with Gasteiger partial charge >= 0.3 is 11.9 Å². The topological polar surface area (TPSA) is 66.8 Å². The van der Waals surface area contributed by atoms with Crippen molar-refractivity contribution in [2.45, 2.75) is 71.6 Å². The third-order valence-electron chi connectivity index (χ3n) is 6.37. The number of rotatable bonds is 10. The number of nitrogens with zero attached hydrogens (tertiary/aromatic N) is 1. The van der Waals surface area contributed by atoms with E-state index in [1.807, 2.05) is 57.2 Å². The molecule has 1 fully saturated rings. The van der Waals surface area contributed by atoms with Gasteiger partial charge in [0.1, 0.15) is 5.60 Å². The fourth-order valence-corrected chi connectivity index (χ4v) is 4.82. The van der Waals surface area contributed by atoms with E-state index in [4.69, 9.17) is 4.74 Å². The van der Waals surface area contributed by atoms with Gasteiger partial charge in [-0.1, -0.05) is 73.5 Å². The highest BCUT2D eigenvalue weighted by Crippen LogP contribution is 2.44. The molecule has 0 bridgehead atoms. The number of ether oxygens (including phenoxy) is 1. The molecule has 0 aromatic heterocycles. The van der Waals surface area contributed by atoms with Gasteiger partial charge in [0.25, 0.3) is 0 Å². The Labute approximate surface area is 209 Å². The van der Waals surface area contributed by atoms with Crippen molar-refractivity contribution in [3.63, 3.8) is 0 Å². The van der Waals surface area contributed by atoms with Gasteiger partial charge in [-0.25, -0.2) is 0 Å². The molecule has 186 valence electrons. The standard InChI is InChI=1S/C28H37NO4.ClH/c1-27(2,3)33-25(30)24(18-28(26(31)32)16-10-11-17-28)21-29(19-22-12-6-4-7-13-22)20-23-14-8-5-9-15-23;/h4-9,12-15,24H,10-11,16-21H2,1-3H3,(H,31,32);1H/t24-;/m1./s1. The minimum atomic E-state index is -0.841. The van der Waals surface area contributed by atoms with Gasteiger partial charge in [-0.2, -0.15) is 0 Å². The molecule has 0 amide bonds. The maximum Gasteiger partial charge on any atom is 0.310 e. The maximum absolute atomic E-state index is 13.3. The Balaban J connectivity index is 0.00000408. The van der Waals surface area contributed by atoms with E-state index >= 15 is 0 Å². The number of hydrogen-bond acceptors (Lipinski definition) is 4. The summed E-state index contributed by atoms with van der Waals surface area (Å²) in [6.45, 7) is 7.38. The van der Waals surface area contributed by atoms with Crippen molar-refractivity contribution in [1.29, 1.82) is 0 Å². The smallest absolute Gasteiger partial charge is 0.310 e. The van der Waals surface area contributed by atoms with E-state index in [1.165, 1.54) is 0 Å². The highest BCUT2D eigenvalue weighted by molar-refractivity contribution is 5.85. The van der Waals surface area contributed by atoms with Crippen LogP contribution in [0.25, 0.3) is 0 Å². The lowest BCUT2D eigenvalue weighted by atomic mass is 9.77. The Hall–Kier alpha value is -2.37. The quantitative estimate of drug-likeness (QED) is 0.410. The van der Waals surface area contributed by atoms with E-state index in [-0.39, 0.29) is 18.4 Å². The SMILES string of the molecule is CC(C)(C)OC(=O)[C@@H](CN(Cc1ccccc1)Cc1ccccc1)CC1(C(=O)O)CCCC1.Cl. The molecule has 0 spiro atoms. The van der Waals surface area contributed by atoms with E-state index in [0.29, 0.717) is 38.9 Å². The molecule has 1 atom stereocenters. The first-order valence-electron chi connectivity index (χ1n) is 11.9. The third kappa shape index (κ3) is 8.14. The first-order chi connectivity index (χ1) is 15.7. The van der Waals surface area contributed by atoms with Crippen LogP contribution >= 0.6 is 12.4 Å². The van der Waals surface area contributed by atoms with Gasteiger partial charge in [-0.15, -0.1) is 12.4 Å². The van der Waals surface area contributed by atoms with Crippen LogP contribution in [0.4, 0.5) is 0 Å². The van der Waals surface area contributed by atoms with Crippen LogP contribution in [-0.2, 0) is 27.4 Å². The summed E-state index contributed by atoms with van der Waals surface area (Å²) in [7, 11) is 0. The van der Waals surface area contributed by atoms with Gasteiger partial charge in [0.2, 0.25) is 0 Å². The largest absolute Gasteiger partial charge is 0.481 e. The van der Waals surface area contributed by atoms with Crippen molar-refractivity contribution in [2.75, 3.05) is 6.54 Å². The number of halogens is 1. The molecule has 2 aromatic rings. The van der Waals surface area contributed by atoms with Crippen LogP contribution in [0.1, 0.15) is 64.0 Å². The van der Waals surface area contributed by atoms with Gasteiger partial charge in [0.05, 0.1) is 11.3 Å². The average molecular weight is 488 g/mol. The fraction of sp³-hybridized carbons (Fsp3) is 0.500. The van der Waals surface area contributed by atoms with E-state index in [1.54, 1.807) is 0 Å². The molecule has 5 nitrogen and oxygen atoms in total. The molecule has 0 aliphatic heterocycles. The second-order valence-corrected chi connectivity index (χ2v) is 10.4. The summed E-state index contributed by atoms with van der Waals surface area (Å²) in [6.07, 6.45) is 3.35. The normalized spacial score (nSPS) is 16.0. The molecule has 1 N–H and O–H groups in total. The highest BCUT2D eigenvalue weighted by Gasteiger charge is 2.45. The number of carbonyl (C=O) groups is 2. The van der Waals surface area contributed by atoms with Gasteiger partial charge in [-0.05, 0) is 51.2 Å². The number of hydrogen-bond donors (Lipinski definition) is 1. The minimum absolute atomic E-state index is 0. The van der Waals surface area contributed by atoms with Gasteiger partial charge in [-0.3, -0.25) is 14.5 Å². The fourth-order valence-electron chi connectivity index (χ4n) is 4.82. The zero-order valence-electron chi connectivity index (χ0n) is 20.5. The molecule has 1 saturated carbocycles. The van der Waals surface area contributed by atoms with Gasteiger partial charge < -0.3 is 9.84 Å². The molecular weight excluding hydrogens is 450 g/mol. The van der Waals surface area contributed by atoms with Crippen LogP contribution in [0.15, 0.2) is 60.7 Å². The van der Waals surface area contributed by atoms with Crippen molar-refractivity contribution >= 4 is 24.3 Å². The number of esters is 1. The van der Waals surface area contributed by atoms with E-state index in [0.717, 1.165) is 24.0 Å². The monoisotopic (exact) mass is 487 g/mol. The van der Waals surface area contributed by atoms with Crippen molar-refractivity contribution in [3.05, 3.63) is 71.8 Å². The Bertz CT molecular complexity index is 864. The first-order valence-corrected chi connectivity index (χ1v) is 11.9. The second kappa shape index (κ2) is 12.4. The zero-order valence-corrected chi connectivity index (χ0v) is 21.4. The molecule has 0 unspecified atom stereocenters. The summed E-state index contributed by atoms with van der Waals surface area (Å²) in [6, 6.07) is 20.4. The van der Waals surface area contributed by atoms with Crippen LogP contribution in [0, 0.1) is 11.3 Å². The third-order valence-corrected chi connectivity index (χ3v) is 6.37. The number of benzene rings is 2. The van der Waals surface area contributed by atoms with E-state index in [9.17, 15) is 14.7 Å². The summed E-state index contributed by atoms with van der Waals surface area (Å²) >= 11 is 0. The van der Waals surface area contributed by atoms with Crippen molar-refractivity contribution in [2.24, 2.45) is 11.3 Å². The molecular formula is C28H38ClNO4. The summed E-state index contributed by atoms with van der Waals surface area (Å²) in [5.74, 6) is -1.60. The van der Waals surface area contributed by atoms with Gasteiger partial charge in [0, 0.05) is 19.6 Å². The molecule has 0 radical (unpaired) electrons. The summed E-state index contributed by atoms with van der Waals surface area (Å²) in [5.41, 5.74) is 0.855. The maximum atomic E-state index is 13.3. The molecule has 34 heavy (non-hydrogen) atoms. The molecule has 1 aliphatic rings. The predicted molar refractivity (Wildman–Crippen MR) is 137 cm³/mol. The molecule has 3 rings (SSSR count). The Morgan fingerprint density at radius 1 is 0.941 bits per heavy atom. The molecule has 1 aliphatic carbocycles. The van der Waals surface area contributed by atoms with Crippen LogP contribution in [0.5, 0.6) is 0 Å². The summed E-state index contributed by atoms with van der Waals surface area (Å²) in [5, 5.41) is 10.1. The van der Waals surface area contributed by atoms with Crippen LogP contribution in [0.2, 0.25) is 0 Å². The van der Waals surface area contributed by atoms with E-state index < -0.39 is 22.9 Å². The number of carboxylic acid groups (broad SMARTS) is 1. The average Bonchev–Trinajstić information content (AvgIpc) is 3.23. The molecule has 2 aromatic carbocycles. The van der Waals surface area contributed by atoms with E-state index in [2.05, 4.69) is 29.2 Å². The first kappa shape index (κ1) is 27.9. The Kier molecular flexibility index (Phi) is 10.1. The van der Waals surface area contributed by atoms with Crippen LogP contribution < -0.4 is 0 Å². The summed E-state index contributed by atoms with van der Waals surface area (Å²) < 4.78 is 5.78. The second-order valence-electron chi connectivity index (χ2n) is 10.4. The van der Waals surface area contributed by atoms with Crippen LogP contribution in [-0.4, -0.2) is 34.1 Å². The predicted octanol–water partition coefficient (Wildman–Crippen LogP) is 6.10. The molecule has 6 heteroatoms. The lowest BCUT2D eigenvalue weighted by molar-refractivity contribution is -0.164. The lowest BCUT2D eigenvalue weighted by Gasteiger charge is -2.33. The zero-order chi connectivity index (χ0) is 23.9. The number of carbonyl (C=O) groups excluding carboxylic acids is 1. The minimum Gasteiger partial charge on any atom is -0.481 e. The van der Waals surface area contributed by atoms with Gasteiger partial charge in [0.15, 0.2) is 0 Å². The van der Waals surface area contributed by atoms with Crippen LogP contribution in [0.3, 0.4) is 0 Å². The van der Waals surface area contributed by atoms with Crippen molar-refractivity contribution in [1.82, 2.24) is 4.90 Å².